The van der Waals surface area contributed by atoms with Gasteiger partial charge in [-0.3, -0.25) is 19.2 Å². The summed E-state index contributed by atoms with van der Waals surface area (Å²) in [5.74, 6) is -5.27. The summed E-state index contributed by atoms with van der Waals surface area (Å²) in [5.41, 5.74) is -1.05. The third-order valence-electron chi connectivity index (χ3n) is 10.8. The molecule has 296 valence electrons. The van der Waals surface area contributed by atoms with Crippen molar-refractivity contribution in [3.8, 4) is 0 Å². The van der Waals surface area contributed by atoms with Gasteiger partial charge in [-0.05, 0) is 41.4 Å². The molecule has 0 aromatic rings. The summed E-state index contributed by atoms with van der Waals surface area (Å²) in [6, 6.07) is -5.99. The third kappa shape index (κ3) is 10.2. The first-order chi connectivity index (χ1) is 23.8. The minimum Gasteiger partial charge on any atom is -0.346 e. The lowest BCUT2D eigenvalue weighted by Crippen LogP contribution is -2.62. The van der Waals surface area contributed by atoms with Crippen LogP contribution in [0.4, 0.5) is 18.0 Å². The minimum absolute atomic E-state index is 0.0737. The van der Waals surface area contributed by atoms with Crippen molar-refractivity contribution >= 4 is 39.7 Å². The highest BCUT2D eigenvalue weighted by atomic mass is 32.2. The third-order valence-corrected chi connectivity index (χ3v) is 12.6. The highest BCUT2D eigenvalue weighted by molar-refractivity contribution is 7.86. The second-order valence-electron chi connectivity index (χ2n) is 16.1. The quantitative estimate of drug-likeness (QED) is 0.146. The number of carbonyl (C=O) groups is 5. The second-order valence-corrected chi connectivity index (χ2v) is 18.4. The van der Waals surface area contributed by atoms with Crippen LogP contribution in [0.1, 0.15) is 73.1 Å². The van der Waals surface area contributed by atoms with Gasteiger partial charge in [0.25, 0.3) is 16.1 Å². The van der Waals surface area contributed by atoms with Gasteiger partial charge in [0.2, 0.25) is 17.6 Å². The molecule has 4 N–H and O–H groups in total. The molecular formula is C34H56F3N7O7S. The fraction of sp³-hybridized carbons (Fsp3) is 0.794. The summed E-state index contributed by atoms with van der Waals surface area (Å²) in [4.78, 5) is 68.6. The van der Waals surface area contributed by atoms with Gasteiger partial charge in [-0.2, -0.15) is 30.2 Å². The number of nitrogens with one attached hydrogen (secondary N) is 4. The maximum absolute atomic E-state index is 14.5. The van der Waals surface area contributed by atoms with E-state index in [4.69, 9.17) is 0 Å². The maximum atomic E-state index is 14.5. The van der Waals surface area contributed by atoms with Gasteiger partial charge < -0.3 is 26.2 Å². The number of nitrogens with zero attached hydrogens (tertiary/aromatic N) is 3. The average molecular weight is 764 g/mol. The van der Waals surface area contributed by atoms with Crippen LogP contribution in [0, 0.1) is 28.6 Å². The van der Waals surface area contributed by atoms with E-state index >= 15 is 0 Å². The Morgan fingerprint density at radius 2 is 1.58 bits per heavy atom. The summed E-state index contributed by atoms with van der Waals surface area (Å²) in [6.07, 6.45) is -1.71. The van der Waals surface area contributed by atoms with Crippen molar-refractivity contribution in [1.82, 2.24) is 34.8 Å². The monoisotopic (exact) mass is 763 g/mol. The Bertz CT molecular complexity index is 1480. The zero-order chi connectivity index (χ0) is 39.6. The molecule has 0 aromatic carbocycles. The van der Waals surface area contributed by atoms with Crippen LogP contribution in [0.5, 0.6) is 0 Å². The number of urea groups is 1. The number of likely N-dealkylation sites (N-methyl/N-ethyl adjacent to an activating group) is 1. The van der Waals surface area contributed by atoms with Crippen molar-refractivity contribution in [3.05, 3.63) is 12.7 Å². The summed E-state index contributed by atoms with van der Waals surface area (Å²) in [7, 11) is 0.380. The number of alkyl halides is 3. The first kappa shape index (κ1) is 43.2. The number of likely N-dealkylation sites (tertiary alicyclic amines) is 1. The molecule has 18 heteroatoms. The van der Waals surface area contributed by atoms with Crippen LogP contribution < -0.4 is 21.3 Å². The molecule has 1 saturated heterocycles. The van der Waals surface area contributed by atoms with E-state index in [1.807, 2.05) is 34.6 Å². The molecule has 5 amide bonds. The number of piperidine rings is 1. The van der Waals surface area contributed by atoms with Crippen molar-refractivity contribution in [1.29, 1.82) is 0 Å². The van der Waals surface area contributed by atoms with Gasteiger partial charge in [0.1, 0.15) is 18.1 Å². The molecule has 3 aliphatic rings. The van der Waals surface area contributed by atoms with Gasteiger partial charge in [0.15, 0.2) is 0 Å². The van der Waals surface area contributed by atoms with Crippen LogP contribution in [0.25, 0.3) is 0 Å². The zero-order valence-corrected chi connectivity index (χ0v) is 32.2. The normalized spacial score (nSPS) is 23.6. The van der Waals surface area contributed by atoms with E-state index in [0.717, 1.165) is 27.9 Å². The lowest BCUT2D eigenvalue weighted by molar-refractivity contribution is -0.155. The number of halogens is 3. The highest BCUT2D eigenvalue weighted by Crippen LogP contribution is 2.65. The second kappa shape index (κ2) is 16.4. The summed E-state index contributed by atoms with van der Waals surface area (Å²) < 4.78 is 68.4. The molecule has 14 nitrogen and oxygen atoms in total. The van der Waals surface area contributed by atoms with Crippen LogP contribution in [0.15, 0.2) is 12.7 Å². The van der Waals surface area contributed by atoms with Crippen LogP contribution in [-0.2, 0) is 29.4 Å². The fourth-order valence-electron chi connectivity index (χ4n) is 7.46. The Morgan fingerprint density at radius 1 is 0.981 bits per heavy atom. The summed E-state index contributed by atoms with van der Waals surface area (Å²) in [5, 5.41) is 9.96. The number of amides is 5. The number of carbonyl (C=O) groups excluding carboxylic acids is 5. The smallest absolute Gasteiger partial charge is 0.346 e. The SMILES string of the molecule is C=CCNC(=O)C(=O)C(CC(F)(F)F)NC(=O)[C@@H]1[C@@H]2[C@H](CN1C(=O)[C@@H](NC(=O)N[C@H](CN(C)S(=O)(=O)N(C)C)C(C)(C)C)C1CCCCC1)C2(C)C. The van der Waals surface area contributed by atoms with Gasteiger partial charge in [0, 0.05) is 46.8 Å². The Kier molecular flexibility index (Phi) is 13.6. The summed E-state index contributed by atoms with van der Waals surface area (Å²) in [6.45, 7) is 12.5. The lowest BCUT2D eigenvalue weighted by atomic mass is 9.83. The highest BCUT2D eigenvalue weighted by Gasteiger charge is 2.70. The Labute approximate surface area is 305 Å². The van der Waals surface area contributed by atoms with Crippen LogP contribution >= 0.6 is 0 Å². The molecule has 6 atom stereocenters. The molecule has 1 unspecified atom stereocenters. The standard InChI is InChI=1S/C34H56F3N7O7S/c1-10-16-38-29(47)27(45)22(17-34(35,36)37)39-28(46)26-24-21(33(24,5)6)18-44(26)30(48)25(20-14-12-11-13-15-20)41-31(49)40-23(32(2,3)4)19-43(9)52(50,51)42(7)8/h10,20-26H,1,11-19H2,2-9H3,(H,38,47)(H,39,46)(H2,40,41,49)/t21-,22?,23+,24-,25-,26-/m0/s1. The lowest BCUT2D eigenvalue weighted by Gasteiger charge is -2.38. The predicted octanol–water partition coefficient (Wildman–Crippen LogP) is 2.18. The predicted molar refractivity (Wildman–Crippen MR) is 188 cm³/mol. The number of rotatable bonds is 15. The molecule has 2 saturated carbocycles. The zero-order valence-electron chi connectivity index (χ0n) is 31.4. The molecule has 3 rings (SSSR count). The molecule has 1 heterocycles. The van der Waals surface area contributed by atoms with Gasteiger partial charge in [-0.25, -0.2) is 4.79 Å². The first-order valence-electron chi connectivity index (χ1n) is 17.7. The minimum atomic E-state index is -4.90. The molecule has 0 radical (unpaired) electrons. The van der Waals surface area contributed by atoms with Crippen molar-refractivity contribution in [3.63, 3.8) is 0 Å². The first-order valence-corrected chi connectivity index (χ1v) is 19.1. The van der Waals surface area contributed by atoms with Gasteiger partial charge in [-0.15, -0.1) is 6.58 Å². The van der Waals surface area contributed by atoms with Gasteiger partial charge >= 0.3 is 12.2 Å². The van der Waals surface area contributed by atoms with Gasteiger partial charge in [-0.1, -0.05) is 60.0 Å². The average Bonchev–Trinajstić information content (AvgIpc) is 3.34. The van der Waals surface area contributed by atoms with E-state index in [0.29, 0.717) is 12.8 Å². The Balaban J connectivity index is 1.90. The molecule has 0 spiro atoms. The van der Waals surface area contributed by atoms with E-state index in [2.05, 4.69) is 27.8 Å². The van der Waals surface area contributed by atoms with E-state index in [9.17, 15) is 45.6 Å². The molecule has 0 aromatic heterocycles. The topological polar surface area (TPSA) is 177 Å². The van der Waals surface area contributed by atoms with E-state index in [1.165, 1.54) is 32.1 Å². The molecule has 1 aliphatic heterocycles. The number of fused-ring (bicyclic) bond motifs is 1. The van der Waals surface area contributed by atoms with Crippen LogP contribution in [0.3, 0.4) is 0 Å². The summed E-state index contributed by atoms with van der Waals surface area (Å²) >= 11 is 0. The molecule has 52 heavy (non-hydrogen) atoms. The molecule has 3 fully saturated rings. The number of ketones is 1. The molecular weight excluding hydrogens is 707 g/mol. The van der Waals surface area contributed by atoms with Crippen molar-refractivity contribution in [2.45, 2.75) is 103 Å². The van der Waals surface area contributed by atoms with Crippen molar-refractivity contribution in [2.75, 3.05) is 40.8 Å². The van der Waals surface area contributed by atoms with Crippen LogP contribution in [0.2, 0.25) is 0 Å². The number of hydrogen-bond donors (Lipinski definition) is 4. The van der Waals surface area contributed by atoms with E-state index in [1.54, 1.807) is 0 Å². The number of Topliss-reactive ketones (excluding diaryl/α,β-unsaturated/α-hetero) is 1. The largest absolute Gasteiger partial charge is 0.391 e. The maximum Gasteiger partial charge on any atom is 0.391 e. The van der Waals surface area contributed by atoms with Crippen LogP contribution in [-0.4, -0.2) is 123 Å². The Hall–Kier alpha value is -3.25. The van der Waals surface area contributed by atoms with Crippen molar-refractivity contribution in [2.24, 2.45) is 28.6 Å². The fourth-order valence-corrected chi connectivity index (χ4v) is 8.35. The van der Waals surface area contributed by atoms with E-state index in [-0.39, 0.29) is 31.5 Å². The molecule has 0 bridgehead atoms. The van der Waals surface area contributed by atoms with Gasteiger partial charge in [0.05, 0.1) is 6.42 Å². The molecule has 2 aliphatic carbocycles. The van der Waals surface area contributed by atoms with Crippen molar-refractivity contribution < 1.29 is 45.6 Å². The van der Waals surface area contributed by atoms with E-state index < -0.39 is 93.3 Å². The Morgan fingerprint density at radius 3 is 2.10 bits per heavy atom. The number of hydrogen-bond acceptors (Lipinski definition) is 7.